The van der Waals surface area contributed by atoms with E-state index in [0.717, 1.165) is 32.1 Å². The van der Waals surface area contributed by atoms with Gasteiger partial charge in [0.25, 0.3) is 0 Å². The molecular weight excluding hydrogens is 461 g/mol. The number of hydrogen-bond acceptors (Lipinski definition) is 6. The lowest BCUT2D eigenvalue weighted by Gasteiger charge is -2.23. The fourth-order valence-electron chi connectivity index (χ4n) is 4.66. The Morgan fingerprint density at radius 3 is 1.92 bits per heavy atom. The monoisotopic (exact) mass is 511 g/mol. The van der Waals surface area contributed by atoms with Crippen LogP contribution in [0.4, 0.5) is 0 Å². The Hall–Kier alpha value is -1.16. The van der Waals surface area contributed by atoms with Crippen LogP contribution in [0.15, 0.2) is 0 Å². The van der Waals surface area contributed by atoms with E-state index in [1.54, 1.807) is 14.2 Å². The van der Waals surface area contributed by atoms with Gasteiger partial charge in [0.1, 0.15) is 26.2 Å². The smallest absolute Gasteiger partial charge is 0.303 e. The second-order valence-corrected chi connectivity index (χ2v) is 10.0. The van der Waals surface area contributed by atoms with Crippen LogP contribution in [0.5, 0.6) is 0 Å². The molecule has 1 rings (SSSR count). The molecule has 208 valence electrons. The van der Waals surface area contributed by atoms with Crippen molar-refractivity contribution < 1.29 is 33.6 Å². The fourth-order valence-corrected chi connectivity index (χ4v) is 4.66. The number of hydrogen-bond donors (Lipinski definition) is 2. The van der Waals surface area contributed by atoms with Crippen LogP contribution in [-0.2, 0) is 28.5 Å². The quantitative estimate of drug-likeness (QED) is 0.155. The topological polar surface area (TPSA) is 103 Å². The lowest BCUT2D eigenvalue weighted by molar-refractivity contribution is -0.137. The van der Waals surface area contributed by atoms with Gasteiger partial charge in [-0.1, -0.05) is 64.2 Å². The first-order valence-corrected chi connectivity index (χ1v) is 13.9. The number of carbonyl (C=O) groups excluding carboxylic acids is 1. The molecule has 0 aliphatic carbocycles. The summed E-state index contributed by atoms with van der Waals surface area (Å²) >= 11 is 0. The van der Waals surface area contributed by atoms with E-state index in [1.165, 1.54) is 44.9 Å². The van der Waals surface area contributed by atoms with Crippen molar-refractivity contribution in [2.75, 3.05) is 27.4 Å². The average molecular weight is 512 g/mol. The summed E-state index contributed by atoms with van der Waals surface area (Å²) in [5.41, 5.74) is 0. The molecule has 2 N–H and O–H groups in total. The zero-order valence-corrected chi connectivity index (χ0v) is 22.9. The summed E-state index contributed by atoms with van der Waals surface area (Å²) in [7, 11) is 9.27. The summed E-state index contributed by atoms with van der Waals surface area (Å²) in [6.45, 7) is 2.86. The maximum Gasteiger partial charge on any atom is 0.303 e. The van der Waals surface area contributed by atoms with E-state index in [-0.39, 0.29) is 30.3 Å². The highest BCUT2D eigenvalue weighted by molar-refractivity contribution is 6.11. The zero-order valence-electron chi connectivity index (χ0n) is 22.9. The van der Waals surface area contributed by atoms with E-state index in [4.69, 9.17) is 31.9 Å². The first-order chi connectivity index (χ1) is 17.4. The minimum atomic E-state index is -0.689. The molecule has 0 spiro atoms. The molecular formula is C27H50BNO7. The molecule has 5 atom stereocenters. The molecule has 1 fully saturated rings. The van der Waals surface area contributed by atoms with Crippen molar-refractivity contribution in [3.63, 3.8) is 0 Å². The van der Waals surface area contributed by atoms with Gasteiger partial charge in [0.15, 0.2) is 0 Å². The van der Waals surface area contributed by atoms with Crippen molar-refractivity contribution >= 4 is 19.7 Å². The number of carboxylic acid groups (broad SMARTS) is 1. The number of amides is 1. The zero-order chi connectivity index (χ0) is 26.6. The lowest BCUT2D eigenvalue weighted by atomic mass is 9.92. The Morgan fingerprint density at radius 1 is 0.889 bits per heavy atom. The van der Waals surface area contributed by atoms with Gasteiger partial charge in [0.05, 0.1) is 6.61 Å². The van der Waals surface area contributed by atoms with Gasteiger partial charge in [-0.2, -0.15) is 0 Å². The number of carbonyl (C=O) groups is 2. The van der Waals surface area contributed by atoms with Gasteiger partial charge < -0.3 is 29.4 Å². The molecule has 1 aliphatic rings. The Labute approximate surface area is 219 Å². The normalized spacial score (nSPS) is 22.5. The highest BCUT2D eigenvalue weighted by atomic mass is 16.6. The van der Waals surface area contributed by atoms with Gasteiger partial charge in [-0.25, -0.2) is 0 Å². The summed E-state index contributed by atoms with van der Waals surface area (Å²) < 4.78 is 22.3. The summed E-state index contributed by atoms with van der Waals surface area (Å²) in [4.78, 5) is 22.7. The third-order valence-electron chi connectivity index (χ3n) is 6.76. The van der Waals surface area contributed by atoms with Gasteiger partial charge in [-0.05, 0) is 26.2 Å². The van der Waals surface area contributed by atoms with Gasteiger partial charge >= 0.3 is 5.97 Å². The lowest BCUT2D eigenvalue weighted by Crippen LogP contribution is -2.39. The van der Waals surface area contributed by atoms with Crippen LogP contribution >= 0.6 is 0 Å². The number of aliphatic carboxylic acids is 1. The molecule has 1 heterocycles. The summed E-state index contributed by atoms with van der Waals surface area (Å²) in [6.07, 6.45) is 14.4. The van der Waals surface area contributed by atoms with E-state index < -0.39 is 12.0 Å². The van der Waals surface area contributed by atoms with E-state index >= 15 is 0 Å². The van der Waals surface area contributed by atoms with Crippen molar-refractivity contribution in [3.05, 3.63) is 0 Å². The molecule has 0 aromatic heterocycles. The van der Waals surface area contributed by atoms with Crippen LogP contribution in [0.2, 0.25) is 0 Å². The molecule has 1 amide bonds. The highest BCUT2D eigenvalue weighted by Crippen LogP contribution is 2.25. The van der Waals surface area contributed by atoms with Crippen LogP contribution in [-0.4, -0.2) is 82.6 Å². The van der Waals surface area contributed by atoms with Crippen LogP contribution in [0.25, 0.3) is 0 Å². The largest absolute Gasteiger partial charge is 0.481 e. The van der Waals surface area contributed by atoms with Gasteiger partial charge in [-0.3, -0.25) is 9.59 Å². The Morgan fingerprint density at radius 2 is 1.42 bits per heavy atom. The Balaban J connectivity index is 1.96. The maximum absolute atomic E-state index is 12.2. The predicted molar refractivity (Wildman–Crippen MR) is 141 cm³/mol. The minimum absolute atomic E-state index is 0.0315. The van der Waals surface area contributed by atoms with E-state index in [9.17, 15) is 9.59 Å². The van der Waals surface area contributed by atoms with E-state index in [0.29, 0.717) is 32.5 Å². The van der Waals surface area contributed by atoms with Crippen LogP contribution in [0.3, 0.4) is 0 Å². The molecule has 1 saturated heterocycles. The summed E-state index contributed by atoms with van der Waals surface area (Å²) in [5.74, 6) is -0.590. The molecule has 0 aromatic rings. The SMILES string of the molecule is [B][C@@H]1O[C@H](COC)[C@H](OC)C1OCCC(C)NC(=O)CCCCCCCCCCCCCCC(=O)O. The molecule has 0 aromatic carbocycles. The molecule has 2 radical (unpaired) electrons. The van der Waals surface area contributed by atoms with Crippen molar-refractivity contribution in [3.8, 4) is 0 Å². The van der Waals surface area contributed by atoms with Crippen LogP contribution in [0.1, 0.15) is 103 Å². The Bertz CT molecular complexity index is 580. The number of nitrogens with one attached hydrogen (secondary N) is 1. The summed E-state index contributed by atoms with van der Waals surface area (Å²) in [5, 5.41) is 11.7. The van der Waals surface area contributed by atoms with Crippen LogP contribution < -0.4 is 5.32 Å². The van der Waals surface area contributed by atoms with Gasteiger partial charge in [0, 0.05) is 45.7 Å². The molecule has 8 nitrogen and oxygen atoms in total. The standard InChI is InChI=1S/C27H50BNO7/c1-21(18-19-35-26-25(34-3)22(20-33-2)36-27(26)28)29-23(30)16-14-12-10-8-6-4-5-7-9-11-13-15-17-24(31)32/h21-22,25-27H,4-20H2,1-3H3,(H,29,30)(H,31,32)/t21?,22-,25+,26?,27-/m1/s1. The number of carboxylic acids is 1. The fraction of sp³-hybridized carbons (Fsp3) is 0.926. The molecule has 9 heteroatoms. The molecule has 36 heavy (non-hydrogen) atoms. The number of ether oxygens (including phenoxy) is 4. The maximum atomic E-state index is 12.2. The average Bonchev–Trinajstić information content (AvgIpc) is 3.13. The van der Waals surface area contributed by atoms with Crippen molar-refractivity contribution in [2.24, 2.45) is 0 Å². The number of methoxy groups -OCH3 is 2. The minimum Gasteiger partial charge on any atom is -0.481 e. The first-order valence-electron chi connectivity index (χ1n) is 13.9. The van der Waals surface area contributed by atoms with Crippen molar-refractivity contribution in [2.45, 2.75) is 134 Å². The van der Waals surface area contributed by atoms with Gasteiger partial charge in [0.2, 0.25) is 5.91 Å². The highest BCUT2D eigenvalue weighted by Gasteiger charge is 2.43. The molecule has 0 bridgehead atoms. The Kier molecular flexibility index (Phi) is 19.0. The summed E-state index contributed by atoms with van der Waals surface area (Å²) in [6, 6.07) is -0.522. The van der Waals surface area contributed by atoms with Crippen molar-refractivity contribution in [1.29, 1.82) is 0 Å². The molecule has 0 saturated carbocycles. The second-order valence-electron chi connectivity index (χ2n) is 10.0. The third-order valence-corrected chi connectivity index (χ3v) is 6.76. The number of rotatable bonds is 23. The second kappa shape index (κ2) is 20.9. The molecule has 1 aliphatic heterocycles. The number of unbranched alkanes of at least 4 members (excludes halogenated alkanes) is 11. The van der Waals surface area contributed by atoms with E-state index in [1.807, 2.05) is 6.92 Å². The van der Waals surface area contributed by atoms with Crippen LogP contribution in [0, 0.1) is 0 Å². The third kappa shape index (κ3) is 15.2. The van der Waals surface area contributed by atoms with Crippen molar-refractivity contribution in [1.82, 2.24) is 5.32 Å². The van der Waals surface area contributed by atoms with E-state index in [2.05, 4.69) is 5.32 Å². The predicted octanol–water partition coefficient (Wildman–Crippen LogP) is 4.37. The van der Waals surface area contributed by atoms with Gasteiger partial charge in [-0.15, -0.1) is 0 Å². The first kappa shape index (κ1) is 32.9. The molecule has 2 unspecified atom stereocenters.